The first-order chi connectivity index (χ1) is 6.61. The van der Waals surface area contributed by atoms with Crippen LogP contribution >= 0.6 is 0 Å². The van der Waals surface area contributed by atoms with E-state index in [1.54, 1.807) is 10.9 Å². The van der Waals surface area contributed by atoms with E-state index in [1.807, 2.05) is 20.8 Å². The van der Waals surface area contributed by atoms with Gasteiger partial charge >= 0.3 is 0 Å². The van der Waals surface area contributed by atoms with Gasteiger partial charge < -0.3 is 0 Å². The number of hydrogen-bond acceptors (Lipinski definition) is 3. The molecule has 14 heavy (non-hydrogen) atoms. The molecule has 2 aromatic rings. The van der Waals surface area contributed by atoms with Gasteiger partial charge in [-0.25, -0.2) is 5.10 Å². The van der Waals surface area contributed by atoms with Gasteiger partial charge in [-0.05, 0) is 20.8 Å². The zero-order valence-corrected chi connectivity index (χ0v) is 8.40. The van der Waals surface area contributed by atoms with Crippen LogP contribution in [0.2, 0.25) is 0 Å². The minimum atomic E-state index is -0.184. The number of nitrogens with zero attached hydrogens (tertiary/aromatic N) is 3. The fourth-order valence-corrected chi connectivity index (χ4v) is 1.52. The standard InChI is InChI=1S/C9H12N4O/c1-5(2)13-8-7(6(3)12-13)4-10-11-9(8)14/h4-5H,1-3H3,(H,11,14). The maximum atomic E-state index is 11.5. The number of hydrogen-bond donors (Lipinski definition) is 1. The normalized spacial score (nSPS) is 11.4. The molecule has 2 heterocycles. The Hall–Kier alpha value is -1.65. The second-order valence-electron chi connectivity index (χ2n) is 3.59. The number of aromatic amines is 1. The van der Waals surface area contributed by atoms with Gasteiger partial charge in [-0.3, -0.25) is 9.48 Å². The molecule has 0 saturated heterocycles. The summed E-state index contributed by atoms with van der Waals surface area (Å²) in [5.74, 6) is 0. The molecule has 0 unspecified atom stereocenters. The summed E-state index contributed by atoms with van der Waals surface area (Å²) in [6, 6.07) is 0.176. The van der Waals surface area contributed by atoms with Gasteiger partial charge in [0.15, 0.2) is 0 Å². The van der Waals surface area contributed by atoms with Crippen molar-refractivity contribution >= 4 is 10.9 Å². The van der Waals surface area contributed by atoms with Gasteiger partial charge in [0.25, 0.3) is 5.56 Å². The Kier molecular flexibility index (Phi) is 1.87. The van der Waals surface area contributed by atoms with Crippen LogP contribution in [-0.2, 0) is 0 Å². The number of aromatic nitrogens is 4. The molecule has 2 aromatic heterocycles. The molecule has 2 rings (SSSR count). The van der Waals surface area contributed by atoms with Crippen molar-refractivity contribution in [1.82, 2.24) is 20.0 Å². The van der Waals surface area contributed by atoms with Crippen LogP contribution in [0.3, 0.4) is 0 Å². The van der Waals surface area contributed by atoms with E-state index >= 15 is 0 Å². The number of nitrogens with one attached hydrogen (secondary N) is 1. The Bertz CT molecular complexity index is 523. The highest BCUT2D eigenvalue weighted by Crippen LogP contribution is 2.16. The molecular formula is C9H12N4O. The van der Waals surface area contributed by atoms with Crippen LogP contribution in [0.1, 0.15) is 25.6 Å². The first kappa shape index (κ1) is 8.93. The van der Waals surface area contributed by atoms with Crippen molar-refractivity contribution in [2.75, 3.05) is 0 Å². The minimum absolute atomic E-state index is 0.176. The average Bonchev–Trinajstić information content (AvgIpc) is 2.46. The molecule has 0 saturated carbocycles. The molecule has 0 aliphatic heterocycles. The monoisotopic (exact) mass is 192 g/mol. The summed E-state index contributed by atoms with van der Waals surface area (Å²) >= 11 is 0. The van der Waals surface area contributed by atoms with E-state index in [0.717, 1.165) is 11.1 Å². The third kappa shape index (κ3) is 1.13. The molecule has 0 spiro atoms. The number of H-pyrrole nitrogens is 1. The van der Waals surface area contributed by atoms with Gasteiger partial charge in [0, 0.05) is 11.4 Å². The van der Waals surface area contributed by atoms with E-state index in [1.165, 1.54) is 0 Å². The Morgan fingerprint density at radius 1 is 1.50 bits per heavy atom. The fourth-order valence-electron chi connectivity index (χ4n) is 1.52. The molecule has 1 N–H and O–H groups in total. The molecule has 0 bridgehead atoms. The smallest absolute Gasteiger partial charge is 0.266 e. The lowest BCUT2D eigenvalue weighted by Gasteiger charge is -2.05. The van der Waals surface area contributed by atoms with Crippen LogP contribution in [0, 0.1) is 6.92 Å². The quantitative estimate of drug-likeness (QED) is 0.733. The highest BCUT2D eigenvalue weighted by Gasteiger charge is 2.12. The second kappa shape index (κ2) is 2.94. The Morgan fingerprint density at radius 2 is 2.21 bits per heavy atom. The van der Waals surface area contributed by atoms with E-state index < -0.39 is 0 Å². The maximum absolute atomic E-state index is 11.5. The predicted octanol–water partition coefficient (Wildman–Crippen LogP) is 1.01. The van der Waals surface area contributed by atoms with Crippen molar-refractivity contribution in [2.45, 2.75) is 26.8 Å². The molecule has 74 valence electrons. The summed E-state index contributed by atoms with van der Waals surface area (Å²) in [5, 5.41) is 11.3. The van der Waals surface area contributed by atoms with E-state index in [2.05, 4.69) is 15.3 Å². The zero-order chi connectivity index (χ0) is 10.3. The van der Waals surface area contributed by atoms with E-state index in [-0.39, 0.29) is 11.6 Å². The molecule has 5 heteroatoms. The van der Waals surface area contributed by atoms with Crippen molar-refractivity contribution in [2.24, 2.45) is 0 Å². The predicted molar refractivity (Wildman–Crippen MR) is 53.3 cm³/mol. The lowest BCUT2D eigenvalue weighted by atomic mass is 10.3. The molecule has 0 aromatic carbocycles. The van der Waals surface area contributed by atoms with Gasteiger partial charge in [0.05, 0.1) is 11.9 Å². The first-order valence-electron chi connectivity index (χ1n) is 4.53. The maximum Gasteiger partial charge on any atom is 0.290 e. The first-order valence-corrected chi connectivity index (χ1v) is 4.53. The molecule has 5 nitrogen and oxygen atoms in total. The van der Waals surface area contributed by atoms with Crippen LogP contribution in [0.15, 0.2) is 11.0 Å². The van der Waals surface area contributed by atoms with Crippen LogP contribution < -0.4 is 5.56 Å². The highest BCUT2D eigenvalue weighted by molar-refractivity contribution is 5.79. The third-order valence-corrected chi connectivity index (χ3v) is 2.20. The number of rotatable bonds is 1. The van der Waals surface area contributed by atoms with Crippen molar-refractivity contribution in [1.29, 1.82) is 0 Å². The van der Waals surface area contributed by atoms with Crippen LogP contribution in [-0.4, -0.2) is 20.0 Å². The summed E-state index contributed by atoms with van der Waals surface area (Å²) in [5.41, 5.74) is 1.26. The van der Waals surface area contributed by atoms with Gasteiger partial charge in [-0.15, -0.1) is 0 Å². The molecule has 0 aliphatic rings. The molecule has 0 amide bonds. The minimum Gasteiger partial charge on any atom is -0.266 e. The van der Waals surface area contributed by atoms with Gasteiger partial charge in [-0.1, -0.05) is 0 Å². The molecule has 0 aliphatic carbocycles. The van der Waals surface area contributed by atoms with Crippen LogP contribution in [0.25, 0.3) is 10.9 Å². The summed E-state index contributed by atoms with van der Waals surface area (Å²) in [6.07, 6.45) is 1.64. The van der Waals surface area contributed by atoms with Gasteiger partial charge in [0.2, 0.25) is 0 Å². The van der Waals surface area contributed by atoms with Crippen molar-refractivity contribution in [3.8, 4) is 0 Å². The van der Waals surface area contributed by atoms with Crippen molar-refractivity contribution < 1.29 is 0 Å². The van der Waals surface area contributed by atoms with Crippen LogP contribution in [0.5, 0.6) is 0 Å². The van der Waals surface area contributed by atoms with Crippen molar-refractivity contribution in [3.63, 3.8) is 0 Å². The summed E-state index contributed by atoms with van der Waals surface area (Å²) < 4.78 is 1.73. The largest absolute Gasteiger partial charge is 0.290 e. The zero-order valence-electron chi connectivity index (χ0n) is 8.40. The number of aryl methyl sites for hydroxylation is 1. The van der Waals surface area contributed by atoms with Gasteiger partial charge in [0.1, 0.15) is 5.52 Å². The van der Waals surface area contributed by atoms with E-state index in [4.69, 9.17) is 0 Å². The highest BCUT2D eigenvalue weighted by atomic mass is 16.1. The van der Waals surface area contributed by atoms with Crippen LogP contribution in [0.4, 0.5) is 0 Å². The molecule has 0 radical (unpaired) electrons. The van der Waals surface area contributed by atoms with Gasteiger partial charge in [-0.2, -0.15) is 10.2 Å². The molecule has 0 fully saturated rings. The Labute approximate surface area is 80.7 Å². The average molecular weight is 192 g/mol. The van der Waals surface area contributed by atoms with E-state index in [9.17, 15) is 4.79 Å². The Balaban J connectivity index is 2.93. The Morgan fingerprint density at radius 3 is 2.86 bits per heavy atom. The summed E-state index contributed by atoms with van der Waals surface area (Å²) in [4.78, 5) is 11.5. The summed E-state index contributed by atoms with van der Waals surface area (Å²) in [6.45, 7) is 5.86. The second-order valence-corrected chi connectivity index (χ2v) is 3.59. The lowest BCUT2D eigenvalue weighted by molar-refractivity contribution is 0.545. The fraction of sp³-hybridized carbons (Fsp3) is 0.444. The van der Waals surface area contributed by atoms with E-state index in [0.29, 0.717) is 5.52 Å². The SMILES string of the molecule is Cc1nn(C(C)C)c2c(=O)[nH]ncc12. The topological polar surface area (TPSA) is 63.6 Å². The third-order valence-electron chi connectivity index (χ3n) is 2.20. The lowest BCUT2D eigenvalue weighted by Crippen LogP contribution is -2.14. The molecule has 0 atom stereocenters. The van der Waals surface area contributed by atoms with Crippen molar-refractivity contribution in [3.05, 3.63) is 22.2 Å². The number of fused-ring (bicyclic) bond motifs is 1. The molecular weight excluding hydrogens is 180 g/mol. The summed E-state index contributed by atoms with van der Waals surface area (Å²) in [7, 11) is 0.